The summed E-state index contributed by atoms with van der Waals surface area (Å²) in [7, 11) is 2.23. The van der Waals surface area contributed by atoms with Gasteiger partial charge in [0.25, 0.3) is 0 Å². The van der Waals surface area contributed by atoms with Crippen LogP contribution in [0.15, 0.2) is 24.3 Å². The van der Waals surface area contributed by atoms with Crippen LogP contribution in [0.1, 0.15) is 30.7 Å². The molecule has 104 valence electrons. The SMILES string of the molecule is CN1CCCC2(CCNCC2c2ccc(F)cc2)C1. The van der Waals surface area contributed by atoms with Crippen molar-refractivity contribution >= 4 is 0 Å². The van der Waals surface area contributed by atoms with Gasteiger partial charge in [0.1, 0.15) is 5.82 Å². The summed E-state index contributed by atoms with van der Waals surface area (Å²) in [4.78, 5) is 2.46. The van der Waals surface area contributed by atoms with Crippen LogP contribution in [0, 0.1) is 11.2 Å². The van der Waals surface area contributed by atoms with Gasteiger partial charge >= 0.3 is 0 Å². The second-order valence-electron chi connectivity index (χ2n) is 6.26. The molecule has 1 N–H and O–H groups in total. The number of benzene rings is 1. The van der Waals surface area contributed by atoms with E-state index in [1.165, 1.54) is 37.9 Å². The molecule has 1 spiro atoms. The smallest absolute Gasteiger partial charge is 0.123 e. The molecule has 0 bridgehead atoms. The van der Waals surface area contributed by atoms with Crippen molar-refractivity contribution in [3.63, 3.8) is 0 Å². The third-order valence-electron chi connectivity index (χ3n) is 4.96. The molecule has 2 aliphatic rings. The minimum atomic E-state index is -0.137. The van der Waals surface area contributed by atoms with Gasteiger partial charge in [0.15, 0.2) is 0 Å². The van der Waals surface area contributed by atoms with Gasteiger partial charge in [-0.25, -0.2) is 4.39 Å². The van der Waals surface area contributed by atoms with Crippen LogP contribution in [0.4, 0.5) is 4.39 Å². The van der Waals surface area contributed by atoms with Crippen molar-refractivity contribution in [1.82, 2.24) is 10.2 Å². The summed E-state index contributed by atoms with van der Waals surface area (Å²) in [5, 5.41) is 3.52. The molecule has 0 saturated carbocycles. The minimum absolute atomic E-state index is 0.137. The standard InChI is InChI=1S/C16H23FN2/c1-19-10-2-7-16(12-19)8-9-18-11-15(16)13-3-5-14(17)6-4-13/h3-6,15,18H,2,7-12H2,1H3. The Bertz CT molecular complexity index is 427. The van der Waals surface area contributed by atoms with Gasteiger partial charge in [0.05, 0.1) is 0 Å². The van der Waals surface area contributed by atoms with E-state index >= 15 is 0 Å². The predicted molar refractivity (Wildman–Crippen MR) is 75.8 cm³/mol. The van der Waals surface area contributed by atoms with E-state index in [-0.39, 0.29) is 5.82 Å². The summed E-state index contributed by atoms with van der Waals surface area (Å²) in [6, 6.07) is 7.15. The van der Waals surface area contributed by atoms with Crippen molar-refractivity contribution < 1.29 is 4.39 Å². The number of hydrogen-bond acceptors (Lipinski definition) is 2. The second-order valence-corrected chi connectivity index (χ2v) is 6.26. The number of likely N-dealkylation sites (tertiary alicyclic amines) is 1. The molecule has 2 atom stereocenters. The summed E-state index contributed by atoms with van der Waals surface area (Å²) < 4.78 is 13.1. The van der Waals surface area contributed by atoms with E-state index in [1.54, 1.807) is 12.1 Å². The molecule has 2 nitrogen and oxygen atoms in total. The third kappa shape index (κ3) is 2.54. The molecule has 2 saturated heterocycles. The summed E-state index contributed by atoms with van der Waals surface area (Å²) in [5.41, 5.74) is 1.68. The van der Waals surface area contributed by atoms with Gasteiger partial charge in [-0.2, -0.15) is 0 Å². The Hall–Kier alpha value is -0.930. The first kappa shape index (κ1) is 13.1. The molecule has 1 aromatic carbocycles. The first-order valence-corrected chi connectivity index (χ1v) is 7.34. The highest BCUT2D eigenvalue weighted by Gasteiger charge is 2.43. The maximum Gasteiger partial charge on any atom is 0.123 e. The topological polar surface area (TPSA) is 15.3 Å². The van der Waals surface area contributed by atoms with Gasteiger partial charge in [-0.3, -0.25) is 0 Å². The lowest BCUT2D eigenvalue weighted by atomic mass is 9.64. The van der Waals surface area contributed by atoms with E-state index in [9.17, 15) is 4.39 Å². The summed E-state index contributed by atoms with van der Waals surface area (Å²) >= 11 is 0. The van der Waals surface area contributed by atoms with Gasteiger partial charge < -0.3 is 10.2 Å². The Labute approximate surface area is 115 Å². The highest BCUT2D eigenvalue weighted by molar-refractivity contribution is 5.25. The number of nitrogens with one attached hydrogen (secondary N) is 1. The Balaban J connectivity index is 1.90. The van der Waals surface area contributed by atoms with Crippen molar-refractivity contribution in [3.8, 4) is 0 Å². The number of halogens is 1. The largest absolute Gasteiger partial charge is 0.316 e. The van der Waals surface area contributed by atoms with Crippen molar-refractivity contribution in [2.24, 2.45) is 5.41 Å². The van der Waals surface area contributed by atoms with Crippen LogP contribution in [0.3, 0.4) is 0 Å². The Morgan fingerprint density at radius 3 is 2.79 bits per heavy atom. The highest BCUT2D eigenvalue weighted by Crippen LogP contribution is 2.46. The summed E-state index contributed by atoms with van der Waals surface area (Å²) in [6.07, 6.45) is 3.83. The molecule has 3 rings (SSSR count). The fraction of sp³-hybridized carbons (Fsp3) is 0.625. The normalized spacial score (nSPS) is 32.6. The fourth-order valence-electron chi connectivity index (χ4n) is 4.03. The average Bonchev–Trinajstić information content (AvgIpc) is 2.40. The lowest BCUT2D eigenvalue weighted by Crippen LogP contribution is -2.51. The van der Waals surface area contributed by atoms with E-state index < -0.39 is 0 Å². The predicted octanol–water partition coefficient (Wildman–Crippen LogP) is 2.61. The molecule has 2 heterocycles. The van der Waals surface area contributed by atoms with Crippen molar-refractivity contribution in [2.75, 3.05) is 33.2 Å². The van der Waals surface area contributed by atoms with E-state index in [4.69, 9.17) is 0 Å². The molecule has 2 unspecified atom stereocenters. The van der Waals surface area contributed by atoms with Gasteiger partial charge in [0.2, 0.25) is 0 Å². The van der Waals surface area contributed by atoms with Gasteiger partial charge in [-0.15, -0.1) is 0 Å². The Morgan fingerprint density at radius 1 is 1.26 bits per heavy atom. The van der Waals surface area contributed by atoms with Gasteiger partial charge in [0, 0.05) is 19.0 Å². The molecule has 0 aromatic heterocycles. The Kier molecular flexibility index (Phi) is 3.59. The maximum atomic E-state index is 13.1. The molecule has 3 heteroatoms. The number of hydrogen-bond donors (Lipinski definition) is 1. The summed E-state index contributed by atoms with van der Waals surface area (Å²) in [6.45, 7) is 4.53. The molecular formula is C16H23FN2. The highest BCUT2D eigenvalue weighted by atomic mass is 19.1. The summed E-state index contributed by atoms with van der Waals surface area (Å²) in [5.74, 6) is 0.381. The molecule has 0 amide bonds. The number of nitrogens with zero attached hydrogens (tertiary/aromatic N) is 1. The lowest BCUT2D eigenvalue weighted by Gasteiger charge is -2.50. The molecule has 2 fully saturated rings. The maximum absolute atomic E-state index is 13.1. The molecule has 2 aliphatic heterocycles. The number of piperidine rings is 2. The van der Waals surface area contributed by atoms with Crippen molar-refractivity contribution in [1.29, 1.82) is 0 Å². The number of rotatable bonds is 1. The van der Waals surface area contributed by atoms with E-state index in [0.29, 0.717) is 11.3 Å². The van der Waals surface area contributed by atoms with Crippen LogP contribution in [-0.2, 0) is 0 Å². The zero-order valence-corrected chi connectivity index (χ0v) is 11.7. The van der Waals surface area contributed by atoms with E-state index in [1.807, 2.05) is 12.1 Å². The molecule has 0 radical (unpaired) electrons. The van der Waals surface area contributed by atoms with Crippen LogP contribution >= 0.6 is 0 Å². The van der Waals surface area contributed by atoms with E-state index in [2.05, 4.69) is 17.3 Å². The fourth-order valence-corrected chi connectivity index (χ4v) is 4.03. The van der Waals surface area contributed by atoms with Gasteiger partial charge in [-0.1, -0.05) is 12.1 Å². The first-order valence-electron chi connectivity index (χ1n) is 7.34. The van der Waals surface area contributed by atoms with Crippen molar-refractivity contribution in [3.05, 3.63) is 35.6 Å². The third-order valence-corrected chi connectivity index (χ3v) is 4.96. The zero-order chi connectivity index (χ0) is 13.3. The molecule has 0 aliphatic carbocycles. The molecule has 1 aromatic rings. The molecule has 19 heavy (non-hydrogen) atoms. The van der Waals surface area contributed by atoms with Crippen LogP contribution in [0.25, 0.3) is 0 Å². The first-order chi connectivity index (χ1) is 9.20. The van der Waals surface area contributed by atoms with Crippen LogP contribution in [0.5, 0.6) is 0 Å². The molecular weight excluding hydrogens is 239 g/mol. The van der Waals surface area contributed by atoms with E-state index in [0.717, 1.165) is 13.1 Å². The van der Waals surface area contributed by atoms with Crippen LogP contribution in [0.2, 0.25) is 0 Å². The monoisotopic (exact) mass is 262 g/mol. The Morgan fingerprint density at radius 2 is 2.05 bits per heavy atom. The minimum Gasteiger partial charge on any atom is -0.316 e. The second kappa shape index (κ2) is 5.22. The average molecular weight is 262 g/mol. The van der Waals surface area contributed by atoms with Crippen molar-refractivity contribution in [2.45, 2.75) is 25.2 Å². The van der Waals surface area contributed by atoms with Crippen LogP contribution < -0.4 is 5.32 Å². The van der Waals surface area contributed by atoms with Gasteiger partial charge in [-0.05, 0) is 62.5 Å². The lowest BCUT2D eigenvalue weighted by molar-refractivity contribution is 0.0540. The van der Waals surface area contributed by atoms with Crippen LogP contribution in [-0.4, -0.2) is 38.1 Å². The zero-order valence-electron chi connectivity index (χ0n) is 11.7. The quantitative estimate of drug-likeness (QED) is 0.837.